The lowest BCUT2D eigenvalue weighted by molar-refractivity contribution is 0.502. The Morgan fingerprint density at radius 1 is 1.14 bits per heavy atom. The molecule has 0 saturated carbocycles. The smallest absolute Gasteiger partial charge is 0.159 e. The molecule has 0 aliphatic rings. The van der Waals surface area contributed by atoms with Crippen LogP contribution in [0.1, 0.15) is 44.6 Å². The van der Waals surface area contributed by atoms with Gasteiger partial charge in [-0.05, 0) is 36.5 Å². The molecule has 0 nitrogen and oxygen atoms in total. The van der Waals surface area contributed by atoms with Crippen LogP contribution in [0, 0.1) is 11.6 Å². The van der Waals surface area contributed by atoms with Crippen molar-refractivity contribution < 1.29 is 8.78 Å². The molecular formula is C12H16F2. The Balaban J connectivity index is 2.88. The van der Waals surface area contributed by atoms with Gasteiger partial charge in [-0.25, -0.2) is 8.78 Å². The Kier molecular flexibility index (Phi) is 4.05. The van der Waals surface area contributed by atoms with Crippen LogP contribution in [-0.2, 0) is 0 Å². The van der Waals surface area contributed by atoms with Crippen molar-refractivity contribution in [3.63, 3.8) is 0 Å². The fourth-order valence-electron chi connectivity index (χ4n) is 1.72. The summed E-state index contributed by atoms with van der Waals surface area (Å²) in [7, 11) is 0. The highest BCUT2D eigenvalue weighted by atomic mass is 19.2. The molecule has 0 fully saturated rings. The molecule has 0 N–H and O–H groups in total. The summed E-state index contributed by atoms with van der Waals surface area (Å²) < 4.78 is 25.6. The molecule has 0 aromatic heterocycles. The molecule has 0 aliphatic heterocycles. The van der Waals surface area contributed by atoms with Gasteiger partial charge in [0.25, 0.3) is 0 Å². The normalized spacial score (nSPS) is 12.9. The zero-order valence-electron chi connectivity index (χ0n) is 8.69. The predicted octanol–water partition coefficient (Wildman–Crippen LogP) is 4.26. The second-order valence-corrected chi connectivity index (χ2v) is 3.57. The van der Waals surface area contributed by atoms with Crippen LogP contribution in [0.3, 0.4) is 0 Å². The number of hydrogen-bond donors (Lipinski definition) is 0. The van der Waals surface area contributed by atoms with Crippen LogP contribution < -0.4 is 0 Å². The van der Waals surface area contributed by atoms with E-state index >= 15 is 0 Å². The third-order valence-corrected chi connectivity index (χ3v) is 2.54. The summed E-state index contributed by atoms with van der Waals surface area (Å²) in [4.78, 5) is 0. The molecule has 0 amide bonds. The van der Waals surface area contributed by atoms with E-state index in [4.69, 9.17) is 0 Å². The summed E-state index contributed by atoms with van der Waals surface area (Å²) in [5.74, 6) is -1.15. The molecule has 1 aromatic carbocycles. The van der Waals surface area contributed by atoms with E-state index in [0.29, 0.717) is 5.92 Å². The van der Waals surface area contributed by atoms with Gasteiger partial charge in [0.1, 0.15) is 0 Å². The number of halogens is 2. The van der Waals surface area contributed by atoms with Crippen molar-refractivity contribution in [3.05, 3.63) is 35.4 Å². The van der Waals surface area contributed by atoms with E-state index in [-0.39, 0.29) is 0 Å². The van der Waals surface area contributed by atoms with Crippen LogP contribution >= 0.6 is 0 Å². The van der Waals surface area contributed by atoms with Gasteiger partial charge in [-0.2, -0.15) is 0 Å². The Morgan fingerprint density at radius 2 is 1.86 bits per heavy atom. The summed E-state index contributed by atoms with van der Waals surface area (Å²) in [5.41, 5.74) is 0.910. The second kappa shape index (κ2) is 5.08. The number of hydrogen-bond acceptors (Lipinski definition) is 0. The Hall–Kier alpha value is -0.920. The van der Waals surface area contributed by atoms with E-state index in [0.717, 1.165) is 24.8 Å². The van der Waals surface area contributed by atoms with Crippen LogP contribution in [0.25, 0.3) is 0 Å². The van der Waals surface area contributed by atoms with Crippen molar-refractivity contribution in [2.45, 2.75) is 39.0 Å². The lowest BCUT2D eigenvalue weighted by atomic mass is 9.92. The minimum absolute atomic E-state index is 0.357. The number of benzene rings is 1. The molecule has 78 valence electrons. The molecule has 1 rings (SSSR count). The fourth-order valence-corrected chi connectivity index (χ4v) is 1.72. The van der Waals surface area contributed by atoms with Crippen molar-refractivity contribution in [2.24, 2.45) is 0 Å². The van der Waals surface area contributed by atoms with Crippen molar-refractivity contribution in [2.75, 3.05) is 0 Å². The van der Waals surface area contributed by atoms with Gasteiger partial charge in [-0.1, -0.05) is 26.3 Å². The van der Waals surface area contributed by atoms with Gasteiger partial charge in [-0.15, -0.1) is 0 Å². The molecule has 0 saturated heterocycles. The summed E-state index contributed by atoms with van der Waals surface area (Å²) in [5, 5.41) is 0. The van der Waals surface area contributed by atoms with Gasteiger partial charge >= 0.3 is 0 Å². The monoisotopic (exact) mass is 198 g/mol. The Morgan fingerprint density at radius 3 is 2.36 bits per heavy atom. The van der Waals surface area contributed by atoms with Gasteiger partial charge in [0.15, 0.2) is 11.6 Å². The van der Waals surface area contributed by atoms with Crippen molar-refractivity contribution >= 4 is 0 Å². The first-order chi connectivity index (χ1) is 6.69. The maximum atomic E-state index is 12.9. The van der Waals surface area contributed by atoms with E-state index in [1.54, 1.807) is 6.07 Å². The van der Waals surface area contributed by atoms with Crippen molar-refractivity contribution in [1.29, 1.82) is 0 Å². The molecule has 14 heavy (non-hydrogen) atoms. The average Bonchev–Trinajstić information content (AvgIpc) is 2.19. The van der Waals surface area contributed by atoms with Crippen molar-refractivity contribution in [1.82, 2.24) is 0 Å². The summed E-state index contributed by atoms with van der Waals surface area (Å²) >= 11 is 0. The van der Waals surface area contributed by atoms with Crippen LogP contribution in [0.15, 0.2) is 18.2 Å². The third-order valence-electron chi connectivity index (χ3n) is 2.54. The standard InChI is InChI=1S/C12H16F2/c1-3-5-9(4-2)10-6-7-11(13)12(14)8-10/h6-9H,3-5H2,1-2H3. The minimum Gasteiger partial charge on any atom is -0.204 e. The fraction of sp³-hybridized carbons (Fsp3) is 0.500. The van der Waals surface area contributed by atoms with Crippen LogP contribution in [0.2, 0.25) is 0 Å². The Bertz CT molecular complexity index is 294. The second-order valence-electron chi connectivity index (χ2n) is 3.57. The van der Waals surface area contributed by atoms with E-state index in [9.17, 15) is 8.78 Å². The Labute approximate surface area is 84.0 Å². The molecule has 1 aromatic rings. The first kappa shape index (κ1) is 11.2. The van der Waals surface area contributed by atoms with Crippen LogP contribution in [-0.4, -0.2) is 0 Å². The lowest BCUT2D eigenvalue weighted by Crippen LogP contribution is -1.98. The van der Waals surface area contributed by atoms with E-state index < -0.39 is 11.6 Å². The summed E-state index contributed by atoms with van der Waals surface area (Å²) in [6.07, 6.45) is 3.07. The molecule has 1 atom stereocenters. The first-order valence-electron chi connectivity index (χ1n) is 5.14. The van der Waals surface area contributed by atoms with Gasteiger partial charge in [0.2, 0.25) is 0 Å². The third kappa shape index (κ3) is 2.53. The maximum Gasteiger partial charge on any atom is 0.159 e. The number of rotatable bonds is 4. The molecule has 0 spiro atoms. The minimum atomic E-state index is -0.764. The molecule has 0 heterocycles. The van der Waals surface area contributed by atoms with E-state index in [1.807, 2.05) is 0 Å². The zero-order chi connectivity index (χ0) is 10.6. The quantitative estimate of drug-likeness (QED) is 0.678. The molecule has 0 radical (unpaired) electrons. The molecule has 1 unspecified atom stereocenters. The van der Waals surface area contributed by atoms with Gasteiger partial charge < -0.3 is 0 Å². The molecule has 2 heteroatoms. The summed E-state index contributed by atoms with van der Waals surface area (Å²) in [6, 6.07) is 4.21. The van der Waals surface area contributed by atoms with Crippen LogP contribution in [0.5, 0.6) is 0 Å². The van der Waals surface area contributed by atoms with Gasteiger partial charge in [0, 0.05) is 0 Å². The lowest BCUT2D eigenvalue weighted by Gasteiger charge is -2.14. The SMILES string of the molecule is CCCC(CC)c1ccc(F)c(F)c1. The molecule has 0 bridgehead atoms. The van der Waals surface area contributed by atoms with Gasteiger partial charge in [-0.3, -0.25) is 0 Å². The van der Waals surface area contributed by atoms with Gasteiger partial charge in [0.05, 0.1) is 0 Å². The van der Waals surface area contributed by atoms with E-state index in [2.05, 4.69) is 13.8 Å². The highest BCUT2D eigenvalue weighted by molar-refractivity contribution is 5.21. The van der Waals surface area contributed by atoms with Crippen LogP contribution in [0.4, 0.5) is 8.78 Å². The largest absolute Gasteiger partial charge is 0.204 e. The summed E-state index contributed by atoms with van der Waals surface area (Å²) in [6.45, 7) is 4.17. The highest BCUT2D eigenvalue weighted by Crippen LogP contribution is 2.25. The average molecular weight is 198 g/mol. The predicted molar refractivity (Wildman–Crippen MR) is 54.3 cm³/mol. The first-order valence-corrected chi connectivity index (χ1v) is 5.14. The topological polar surface area (TPSA) is 0 Å². The molecular weight excluding hydrogens is 182 g/mol. The highest BCUT2D eigenvalue weighted by Gasteiger charge is 2.10. The zero-order valence-corrected chi connectivity index (χ0v) is 8.69. The maximum absolute atomic E-state index is 12.9. The van der Waals surface area contributed by atoms with Crippen molar-refractivity contribution in [3.8, 4) is 0 Å². The van der Waals surface area contributed by atoms with E-state index in [1.165, 1.54) is 12.1 Å². The molecule has 0 aliphatic carbocycles.